The van der Waals surface area contributed by atoms with Crippen LogP contribution in [0.3, 0.4) is 0 Å². The molecular formula is C33H35N3O5. The topological polar surface area (TPSA) is 122 Å². The molecule has 3 N–H and O–H groups in total. The lowest BCUT2D eigenvalue weighted by Gasteiger charge is -2.17. The van der Waals surface area contributed by atoms with Crippen molar-refractivity contribution in [3.8, 4) is 34.0 Å². The number of benzene rings is 3. The van der Waals surface area contributed by atoms with Crippen LogP contribution in [0.25, 0.3) is 22.5 Å². The van der Waals surface area contributed by atoms with Crippen molar-refractivity contribution in [3.05, 3.63) is 89.1 Å². The fourth-order valence-corrected chi connectivity index (χ4v) is 4.49. The lowest BCUT2D eigenvalue weighted by Crippen LogP contribution is -2.19. The van der Waals surface area contributed by atoms with Crippen molar-refractivity contribution >= 4 is 17.7 Å². The van der Waals surface area contributed by atoms with E-state index >= 15 is 0 Å². The first kappa shape index (κ1) is 29.3. The molecule has 8 nitrogen and oxygen atoms in total. The average molecular weight is 554 g/mol. The molecular weight excluding hydrogens is 518 g/mol. The van der Waals surface area contributed by atoms with E-state index in [-0.39, 0.29) is 35.3 Å². The molecule has 0 bridgehead atoms. The zero-order valence-corrected chi connectivity index (χ0v) is 23.6. The van der Waals surface area contributed by atoms with Crippen LogP contribution in [0.15, 0.2) is 66.7 Å². The Morgan fingerprint density at radius 2 is 1.59 bits per heavy atom. The molecule has 0 unspecified atom stereocenters. The van der Waals surface area contributed by atoms with Gasteiger partial charge in [-0.15, -0.1) is 0 Å². The molecule has 0 aliphatic heterocycles. The number of carbonyl (C=O) groups is 2. The number of hydrogen-bond donors (Lipinski definition) is 3. The van der Waals surface area contributed by atoms with Gasteiger partial charge in [-0.25, -0.2) is 14.8 Å². The van der Waals surface area contributed by atoms with Crippen molar-refractivity contribution in [2.45, 2.75) is 52.9 Å². The zero-order chi connectivity index (χ0) is 29.4. The first-order valence-electron chi connectivity index (χ1n) is 13.9. The summed E-state index contributed by atoms with van der Waals surface area (Å²) in [6.45, 7) is 5.88. The molecule has 0 atom stereocenters. The van der Waals surface area contributed by atoms with Gasteiger partial charge in [0.2, 0.25) is 0 Å². The van der Waals surface area contributed by atoms with Gasteiger partial charge in [-0.05, 0) is 50.5 Å². The Morgan fingerprint density at radius 3 is 2.27 bits per heavy atom. The summed E-state index contributed by atoms with van der Waals surface area (Å²) >= 11 is 0. The van der Waals surface area contributed by atoms with E-state index in [1.165, 1.54) is 6.07 Å². The van der Waals surface area contributed by atoms with E-state index in [4.69, 9.17) is 9.72 Å². The molecule has 0 saturated carbocycles. The molecule has 0 fully saturated rings. The number of aryl methyl sites for hydroxylation is 2. The Kier molecular flexibility index (Phi) is 9.68. The van der Waals surface area contributed by atoms with Gasteiger partial charge in [0.25, 0.3) is 5.91 Å². The van der Waals surface area contributed by atoms with Gasteiger partial charge < -0.3 is 20.3 Å². The fraction of sp³-hybridized carbons (Fsp3) is 0.273. The van der Waals surface area contributed by atoms with E-state index in [2.05, 4.69) is 17.2 Å². The number of unbranched alkanes of at least 4 members (excludes halogenated alkanes) is 3. The van der Waals surface area contributed by atoms with Gasteiger partial charge in [0.05, 0.1) is 12.3 Å². The lowest BCUT2D eigenvalue weighted by molar-refractivity contribution is 0.0520. The van der Waals surface area contributed by atoms with E-state index in [0.29, 0.717) is 34.4 Å². The number of nitrogens with zero attached hydrogens (tertiary/aromatic N) is 2. The molecule has 3 aromatic carbocycles. The third-order valence-electron chi connectivity index (χ3n) is 6.71. The second-order valence-corrected chi connectivity index (χ2v) is 9.83. The number of ether oxygens (including phenoxy) is 1. The standard InChI is InChI=1S/C33H35N3O5/c1-4-6-7-9-14-24-19-25(27(38)20-26(24)37)29-28(22-17-15-21(3)16-18-22)34-30(33(40)41-5-2)31(35-29)36-32(39)23-12-10-8-11-13-23/h8,10-13,15-20,37-38H,4-7,9,14H2,1-3H3,(H,35,36,39). The summed E-state index contributed by atoms with van der Waals surface area (Å²) in [5, 5.41) is 24.3. The highest BCUT2D eigenvalue weighted by Gasteiger charge is 2.25. The molecule has 0 spiro atoms. The number of anilines is 1. The predicted molar refractivity (Wildman–Crippen MR) is 159 cm³/mol. The van der Waals surface area contributed by atoms with Gasteiger partial charge in [0.15, 0.2) is 11.5 Å². The lowest BCUT2D eigenvalue weighted by atomic mass is 9.97. The van der Waals surface area contributed by atoms with Gasteiger partial charge in [-0.3, -0.25) is 4.79 Å². The Balaban J connectivity index is 1.91. The molecule has 0 saturated heterocycles. The number of amides is 1. The molecule has 0 aliphatic carbocycles. The van der Waals surface area contributed by atoms with Gasteiger partial charge in [0, 0.05) is 22.8 Å². The van der Waals surface area contributed by atoms with Crippen LogP contribution in [0, 0.1) is 6.92 Å². The number of aromatic nitrogens is 2. The van der Waals surface area contributed by atoms with E-state index in [0.717, 1.165) is 31.2 Å². The van der Waals surface area contributed by atoms with Gasteiger partial charge in [0.1, 0.15) is 17.2 Å². The summed E-state index contributed by atoms with van der Waals surface area (Å²) in [4.78, 5) is 35.5. The summed E-state index contributed by atoms with van der Waals surface area (Å²) < 4.78 is 5.26. The van der Waals surface area contributed by atoms with Crippen LogP contribution in [0.2, 0.25) is 0 Å². The molecule has 1 amide bonds. The maximum absolute atomic E-state index is 13.1. The zero-order valence-electron chi connectivity index (χ0n) is 23.6. The fourth-order valence-electron chi connectivity index (χ4n) is 4.49. The highest BCUT2D eigenvalue weighted by atomic mass is 16.5. The molecule has 4 aromatic rings. The Labute approximate surface area is 240 Å². The largest absolute Gasteiger partial charge is 0.508 e. The molecule has 1 heterocycles. The van der Waals surface area contributed by atoms with Crippen molar-refractivity contribution in [3.63, 3.8) is 0 Å². The number of phenolic OH excluding ortho intramolecular Hbond substituents is 2. The number of rotatable bonds is 11. The van der Waals surface area contributed by atoms with Crippen LogP contribution in [0.5, 0.6) is 11.5 Å². The van der Waals surface area contributed by atoms with E-state index < -0.39 is 11.9 Å². The van der Waals surface area contributed by atoms with E-state index in [9.17, 15) is 19.8 Å². The van der Waals surface area contributed by atoms with Crippen molar-refractivity contribution in [1.29, 1.82) is 0 Å². The van der Waals surface area contributed by atoms with Crippen LogP contribution < -0.4 is 5.32 Å². The normalized spacial score (nSPS) is 10.8. The van der Waals surface area contributed by atoms with Crippen molar-refractivity contribution in [1.82, 2.24) is 9.97 Å². The maximum atomic E-state index is 13.1. The van der Waals surface area contributed by atoms with Crippen LogP contribution in [-0.2, 0) is 11.2 Å². The first-order chi connectivity index (χ1) is 19.8. The van der Waals surface area contributed by atoms with E-state index in [1.54, 1.807) is 43.3 Å². The minimum atomic E-state index is -0.741. The monoisotopic (exact) mass is 553 g/mol. The van der Waals surface area contributed by atoms with Crippen LogP contribution >= 0.6 is 0 Å². The minimum absolute atomic E-state index is 0.00617. The Morgan fingerprint density at radius 1 is 0.854 bits per heavy atom. The first-order valence-corrected chi connectivity index (χ1v) is 13.9. The van der Waals surface area contributed by atoms with Crippen molar-refractivity contribution in [2.75, 3.05) is 11.9 Å². The molecule has 1 aromatic heterocycles. The van der Waals surface area contributed by atoms with Crippen LogP contribution in [-0.4, -0.2) is 38.7 Å². The quantitative estimate of drug-likeness (QED) is 0.134. The average Bonchev–Trinajstić information content (AvgIpc) is 2.97. The minimum Gasteiger partial charge on any atom is -0.508 e. The van der Waals surface area contributed by atoms with Crippen molar-refractivity contribution < 1.29 is 24.5 Å². The van der Waals surface area contributed by atoms with Crippen LogP contribution in [0.4, 0.5) is 5.82 Å². The highest BCUT2D eigenvalue weighted by Crippen LogP contribution is 2.40. The highest BCUT2D eigenvalue weighted by molar-refractivity contribution is 6.07. The van der Waals surface area contributed by atoms with Gasteiger partial charge in [-0.1, -0.05) is 74.2 Å². The summed E-state index contributed by atoms with van der Waals surface area (Å²) in [6.07, 6.45) is 4.69. The predicted octanol–water partition coefficient (Wildman–Crippen LogP) is 7.08. The second kappa shape index (κ2) is 13.6. The number of carbonyl (C=O) groups excluding carboxylic acids is 2. The number of esters is 1. The molecule has 0 radical (unpaired) electrons. The number of hydrogen-bond acceptors (Lipinski definition) is 7. The second-order valence-electron chi connectivity index (χ2n) is 9.83. The van der Waals surface area contributed by atoms with Gasteiger partial charge >= 0.3 is 5.97 Å². The SMILES string of the molecule is CCCCCCc1cc(-c2nc(NC(=O)c3ccccc3)c(C(=O)OCC)nc2-c2ccc(C)cc2)c(O)cc1O. The number of aromatic hydroxyl groups is 2. The molecule has 212 valence electrons. The molecule has 8 heteroatoms. The molecule has 41 heavy (non-hydrogen) atoms. The third-order valence-corrected chi connectivity index (χ3v) is 6.71. The third kappa shape index (κ3) is 7.08. The van der Waals surface area contributed by atoms with Gasteiger partial charge in [-0.2, -0.15) is 0 Å². The number of phenols is 2. The smallest absolute Gasteiger partial charge is 0.360 e. The summed E-state index contributed by atoms with van der Waals surface area (Å²) in [6, 6.07) is 19.1. The molecule has 0 aliphatic rings. The summed E-state index contributed by atoms with van der Waals surface area (Å²) in [5.41, 5.74) is 3.45. The van der Waals surface area contributed by atoms with Crippen LogP contribution in [0.1, 0.15) is 71.5 Å². The Bertz CT molecular complexity index is 1520. The summed E-state index contributed by atoms with van der Waals surface area (Å²) in [5.74, 6) is -1.53. The maximum Gasteiger partial charge on any atom is 0.360 e. The Hall–Kier alpha value is -4.72. The number of nitrogens with one attached hydrogen (secondary N) is 1. The van der Waals surface area contributed by atoms with Crippen molar-refractivity contribution in [2.24, 2.45) is 0 Å². The summed E-state index contributed by atoms with van der Waals surface area (Å²) in [7, 11) is 0. The van der Waals surface area contributed by atoms with E-state index in [1.807, 2.05) is 31.2 Å². The molecule has 4 rings (SSSR count).